The van der Waals surface area contributed by atoms with Crippen LogP contribution in [-0.2, 0) is 19.1 Å². The molecule has 0 radical (unpaired) electrons. The van der Waals surface area contributed by atoms with E-state index in [4.69, 9.17) is 9.84 Å². The fraction of sp³-hybridized carbons (Fsp3) is 0.750. The van der Waals surface area contributed by atoms with E-state index in [2.05, 4.69) is 10.1 Å². The van der Waals surface area contributed by atoms with Gasteiger partial charge < -0.3 is 19.9 Å². The quantitative estimate of drug-likeness (QED) is 0.730. The molecule has 0 spiro atoms. The minimum absolute atomic E-state index is 0.0682. The number of carboxylic acid groups (broad SMARTS) is 1. The second-order valence-electron chi connectivity index (χ2n) is 5.20. The largest absolute Gasteiger partial charge is 0.481 e. The standard InChI is InChI=1S/C12H21NO6/c1-7(9(14)15)6-8(10(16)18-5)13-11(17)19-12(2,3)4/h7-8H,6H2,1-5H3,(H,13,17)(H,14,15)/t7-,8?/m0/s1. The van der Waals surface area contributed by atoms with Crippen molar-refractivity contribution in [2.75, 3.05) is 7.11 Å². The van der Waals surface area contributed by atoms with Crippen LogP contribution in [0.25, 0.3) is 0 Å². The third-order valence-electron chi connectivity index (χ3n) is 2.19. The normalized spacial score (nSPS) is 14.2. The molecule has 0 saturated carbocycles. The molecule has 0 bridgehead atoms. The van der Waals surface area contributed by atoms with Crippen LogP contribution < -0.4 is 5.32 Å². The molecule has 1 unspecified atom stereocenters. The number of ether oxygens (including phenoxy) is 2. The number of methoxy groups -OCH3 is 1. The SMILES string of the molecule is COC(=O)C(C[C@H](C)C(=O)O)NC(=O)OC(C)(C)C. The summed E-state index contributed by atoms with van der Waals surface area (Å²) in [4.78, 5) is 33.8. The number of carboxylic acids is 1. The number of hydrogen-bond donors (Lipinski definition) is 2. The van der Waals surface area contributed by atoms with Crippen molar-refractivity contribution in [3.63, 3.8) is 0 Å². The molecule has 7 heteroatoms. The summed E-state index contributed by atoms with van der Waals surface area (Å²) < 4.78 is 9.52. The molecule has 0 aliphatic rings. The van der Waals surface area contributed by atoms with Crippen molar-refractivity contribution in [2.45, 2.75) is 45.8 Å². The van der Waals surface area contributed by atoms with Gasteiger partial charge in [0.25, 0.3) is 0 Å². The Morgan fingerprint density at radius 2 is 1.79 bits per heavy atom. The summed E-state index contributed by atoms with van der Waals surface area (Å²) in [5.41, 5.74) is -0.705. The fourth-order valence-electron chi connectivity index (χ4n) is 1.26. The summed E-state index contributed by atoms with van der Waals surface area (Å²) in [5, 5.41) is 11.1. The average molecular weight is 275 g/mol. The number of carbonyl (C=O) groups excluding carboxylic acids is 2. The van der Waals surface area contributed by atoms with Gasteiger partial charge in [-0.1, -0.05) is 6.92 Å². The van der Waals surface area contributed by atoms with E-state index in [1.165, 1.54) is 6.92 Å². The first kappa shape index (κ1) is 17.2. The predicted octanol–water partition coefficient (Wildman–Crippen LogP) is 1.16. The lowest BCUT2D eigenvalue weighted by molar-refractivity contribution is -0.145. The van der Waals surface area contributed by atoms with E-state index in [0.29, 0.717) is 0 Å². The summed E-state index contributed by atoms with van der Waals surface area (Å²) in [5.74, 6) is -2.56. The number of amides is 1. The van der Waals surface area contributed by atoms with Crippen LogP contribution in [-0.4, -0.2) is 41.9 Å². The summed E-state index contributed by atoms with van der Waals surface area (Å²) in [6, 6.07) is -1.05. The molecule has 0 aromatic heterocycles. The fourth-order valence-corrected chi connectivity index (χ4v) is 1.26. The zero-order chi connectivity index (χ0) is 15.2. The lowest BCUT2D eigenvalue weighted by atomic mass is 10.0. The highest BCUT2D eigenvalue weighted by molar-refractivity contribution is 5.82. The number of carbonyl (C=O) groups is 3. The smallest absolute Gasteiger partial charge is 0.408 e. The second-order valence-corrected chi connectivity index (χ2v) is 5.20. The van der Waals surface area contributed by atoms with E-state index in [9.17, 15) is 14.4 Å². The number of alkyl carbamates (subject to hydrolysis) is 1. The lowest BCUT2D eigenvalue weighted by Crippen LogP contribution is -2.45. The lowest BCUT2D eigenvalue weighted by Gasteiger charge is -2.23. The molecule has 0 aromatic rings. The van der Waals surface area contributed by atoms with Crippen LogP contribution in [0.3, 0.4) is 0 Å². The van der Waals surface area contributed by atoms with Gasteiger partial charge in [-0.3, -0.25) is 4.79 Å². The van der Waals surface area contributed by atoms with Gasteiger partial charge in [-0.25, -0.2) is 9.59 Å². The zero-order valence-corrected chi connectivity index (χ0v) is 11.9. The second kappa shape index (κ2) is 6.96. The number of esters is 1. The zero-order valence-electron chi connectivity index (χ0n) is 11.9. The third kappa shape index (κ3) is 7.28. The van der Waals surface area contributed by atoms with Crippen molar-refractivity contribution in [3.8, 4) is 0 Å². The highest BCUT2D eigenvalue weighted by atomic mass is 16.6. The van der Waals surface area contributed by atoms with Gasteiger partial charge in [0, 0.05) is 0 Å². The van der Waals surface area contributed by atoms with E-state index < -0.39 is 35.6 Å². The first-order chi connectivity index (χ1) is 8.56. The Hall–Kier alpha value is -1.79. The minimum atomic E-state index is -1.06. The van der Waals surface area contributed by atoms with Crippen molar-refractivity contribution in [2.24, 2.45) is 5.92 Å². The van der Waals surface area contributed by atoms with Gasteiger partial charge in [0.15, 0.2) is 0 Å². The van der Waals surface area contributed by atoms with E-state index in [1.54, 1.807) is 20.8 Å². The summed E-state index contributed by atoms with van der Waals surface area (Å²) >= 11 is 0. The Kier molecular flexibility index (Phi) is 6.31. The van der Waals surface area contributed by atoms with Crippen LogP contribution in [0, 0.1) is 5.92 Å². The van der Waals surface area contributed by atoms with Gasteiger partial charge in [0.2, 0.25) is 0 Å². The molecule has 0 fully saturated rings. The third-order valence-corrected chi connectivity index (χ3v) is 2.19. The maximum atomic E-state index is 11.6. The molecule has 7 nitrogen and oxygen atoms in total. The summed E-state index contributed by atoms with van der Waals surface area (Å²) in [7, 11) is 1.16. The number of hydrogen-bond acceptors (Lipinski definition) is 5. The van der Waals surface area contributed by atoms with Crippen molar-refractivity contribution >= 4 is 18.0 Å². The van der Waals surface area contributed by atoms with Gasteiger partial charge in [-0.15, -0.1) is 0 Å². The van der Waals surface area contributed by atoms with Crippen LogP contribution in [0.15, 0.2) is 0 Å². The highest BCUT2D eigenvalue weighted by Gasteiger charge is 2.28. The van der Waals surface area contributed by atoms with E-state index >= 15 is 0 Å². The molecule has 0 aliphatic carbocycles. The number of nitrogens with one attached hydrogen (secondary N) is 1. The van der Waals surface area contributed by atoms with Gasteiger partial charge >= 0.3 is 18.0 Å². The van der Waals surface area contributed by atoms with Gasteiger partial charge in [-0.2, -0.15) is 0 Å². The molecular weight excluding hydrogens is 254 g/mol. The molecule has 0 saturated heterocycles. The van der Waals surface area contributed by atoms with Crippen LogP contribution in [0.4, 0.5) is 4.79 Å². The van der Waals surface area contributed by atoms with E-state index in [-0.39, 0.29) is 6.42 Å². The van der Waals surface area contributed by atoms with Crippen LogP contribution >= 0.6 is 0 Å². The van der Waals surface area contributed by atoms with Gasteiger partial charge in [0.1, 0.15) is 11.6 Å². The monoisotopic (exact) mass is 275 g/mol. The Bertz CT molecular complexity index is 347. The van der Waals surface area contributed by atoms with Gasteiger partial charge in [0.05, 0.1) is 13.0 Å². The maximum Gasteiger partial charge on any atom is 0.408 e. The Morgan fingerprint density at radius 3 is 2.16 bits per heavy atom. The van der Waals surface area contributed by atoms with Crippen LogP contribution in [0.5, 0.6) is 0 Å². The number of aliphatic carboxylic acids is 1. The first-order valence-electron chi connectivity index (χ1n) is 5.87. The molecular formula is C12H21NO6. The van der Waals surface area contributed by atoms with E-state index in [0.717, 1.165) is 7.11 Å². The molecule has 2 atom stereocenters. The van der Waals surface area contributed by atoms with Crippen molar-refractivity contribution in [3.05, 3.63) is 0 Å². The Balaban J connectivity index is 4.65. The average Bonchev–Trinajstić information content (AvgIpc) is 2.24. The van der Waals surface area contributed by atoms with Crippen molar-refractivity contribution in [1.29, 1.82) is 0 Å². The van der Waals surface area contributed by atoms with E-state index in [1.807, 2.05) is 0 Å². The molecule has 0 heterocycles. The Labute approximate surface area is 112 Å². The molecule has 2 N–H and O–H groups in total. The number of rotatable bonds is 5. The molecule has 110 valence electrons. The van der Waals surface area contributed by atoms with Crippen LogP contribution in [0.2, 0.25) is 0 Å². The first-order valence-corrected chi connectivity index (χ1v) is 5.87. The van der Waals surface area contributed by atoms with Crippen molar-refractivity contribution < 1.29 is 29.0 Å². The molecule has 0 aliphatic heterocycles. The minimum Gasteiger partial charge on any atom is -0.481 e. The van der Waals surface area contributed by atoms with Gasteiger partial charge in [-0.05, 0) is 27.2 Å². The maximum absolute atomic E-state index is 11.6. The summed E-state index contributed by atoms with van der Waals surface area (Å²) in [6.07, 6.45) is -0.859. The topological polar surface area (TPSA) is 102 Å². The Morgan fingerprint density at radius 1 is 1.26 bits per heavy atom. The highest BCUT2D eigenvalue weighted by Crippen LogP contribution is 2.10. The molecule has 1 amide bonds. The van der Waals surface area contributed by atoms with Crippen molar-refractivity contribution in [1.82, 2.24) is 5.32 Å². The molecule has 0 aromatic carbocycles. The predicted molar refractivity (Wildman–Crippen MR) is 66.6 cm³/mol. The van der Waals surface area contributed by atoms with Crippen LogP contribution in [0.1, 0.15) is 34.1 Å². The summed E-state index contributed by atoms with van der Waals surface area (Å²) in [6.45, 7) is 6.48. The molecule has 19 heavy (non-hydrogen) atoms. The molecule has 0 rings (SSSR count).